The van der Waals surface area contributed by atoms with Crippen molar-refractivity contribution < 1.29 is 73.2 Å². The van der Waals surface area contributed by atoms with E-state index in [1.165, 1.54) is 63.7 Å². The predicted molar refractivity (Wildman–Crippen MR) is 572 cm³/mol. The van der Waals surface area contributed by atoms with Gasteiger partial charge >= 0.3 is 0 Å². The maximum atomic E-state index is 13.1. The number of benzene rings is 14. The third-order valence-corrected chi connectivity index (χ3v) is 39.0. The number of aromatic nitrogens is 6. The summed E-state index contributed by atoms with van der Waals surface area (Å²) in [6.45, 7) is 18.8. The maximum absolute atomic E-state index is 13.1. The Hall–Kier alpha value is -13.5. The van der Waals surface area contributed by atoms with Crippen molar-refractivity contribution in [3.63, 3.8) is 0 Å². The number of para-hydroxylation sites is 1. The van der Waals surface area contributed by atoms with E-state index in [0.717, 1.165) is 101 Å². The number of hydrogen-bond acceptors (Lipinski definition) is 9. The van der Waals surface area contributed by atoms with Gasteiger partial charge in [0.15, 0.2) is 17.9 Å². The summed E-state index contributed by atoms with van der Waals surface area (Å²) in [7, 11) is -11.1. The summed E-state index contributed by atoms with van der Waals surface area (Å²) in [6, 6.07) is 160. The quantitative estimate of drug-likeness (QED) is 0.0773. The van der Waals surface area contributed by atoms with Crippen molar-refractivity contribution in [2.75, 3.05) is 0 Å². The summed E-state index contributed by atoms with van der Waals surface area (Å²) in [4.78, 5) is 27.9. The molecule has 2 aliphatic rings. The zero-order chi connectivity index (χ0) is 93.6. The molecule has 0 atom stereocenters. The minimum Gasteiger partial charge on any atom is -0.476 e. The van der Waals surface area contributed by atoms with Crippen LogP contribution in [0.3, 0.4) is 0 Å². The van der Waals surface area contributed by atoms with Crippen LogP contribution in [0, 0.1) is 36.4 Å². The van der Waals surface area contributed by atoms with Crippen LogP contribution in [0.15, 0.2) is 464 Å². The Morgan fingerprint density at radius 1 is 0.273 bits per heavy atom. The number of pyridine rings is 6. The first-order chi connectivity index (χ1) is 66.3. The first-order valence-corrected chi connectivity index (χ1v) is 59.1. The van der Waals surface area contributed by atoms with Crippen LogP contribution in [0.2, 0.25) is 52.4 Å². The average molecular weight is 2420 g/mol. The van der Waals surface area contributed by atoms with E-state index in [4.69, 9.17) is 19.4 Å². The van der Waals surface area contributed by atoms with Gasteiger partial charge in [0.25, 0.3) is 0 Å². The zero-order valence-corrected chi connectivity index (χ0v) is 90.0. The SMILES string of the molecule is C[Si](C)(C)c1cnc(-c2[c-]cc3c(c2)S(=O)(=O)c2ccccc2-3)cc1-c1ccccc1.C[Si](C)(C)c1cnc(-c2[c-]cc3c(c2)[Si](c2ccccc2)(c2ccccc2)c2ccccc2-3)cc1-c1ccccc1.C[Si](C)(c1ccccc1)c1ccc(-c2[c-]cc3c(c2)oc2ccccc23)nc1.[Ir].[Ir].[Ir].[c-]1ccccc1-c1ccccn1.[c-]1ccccc1-c1ccccn1.[c-]1ccccc1-c1ccccn1. The number of hydrogen-bond donors (Lipinski definition) is 0. The molecule has 14 aromatic carbocycles. The summed E-state index contributed by atoms with van der Waals surface area (Å²) in [5.74, 6) is 0. The van der Waals surface area contributed by atoms with Crippen molar-refractivity contribution in [3.05, 3.63) is 486 Å². The number of nitrogens with zero attached hydrogens (tertiary/aromatic N) is 6. The van der Waals surface area contributed by atoms with E-state index in [0.29, 0.717) is 20.9 Å². The maximum Gasteiger partial charge on any atom is 0.189 e. The number of rotatable bonds is 14. The van der Waals surface area contributed by atoms with Gasteiger partial charge < -0.3 is 34.3 Å². The molecule has 0 unspecified atom stereocenters. The van der Waals surface area contributed by atoms with E-state index in [2.05, 4.69) is 310 Å². The molecule has 2 aliphatic heterocycles. The normalized spacial score (nSPS) is 12.0. The smallest absolute Gasteiger partial charge is 0.189 e. The molecule has 21 aromatic rings. The Bertz CT molecular complexity index is 7480. The fourth-order valence-corrected chi connectivity index (χ4v) is 29.8. The fraction of sp³-hybridized carbons (Fsp3) is 0.0656. The summed E-state index contributed by atoms with van der Waals surface area (Å²) in [5, 5.41) is 13.3. The van der Waals surface area contributed by atoms with E-state index < -0.39 is 42.1 Å². The second-order valence-electron chi connectivity index (χ2n) is 35.9. The molecular weight excluding hydrogens is 2320 g/mol. The summed E-state index contributed by atoms with van der Waals surface area (Å²) in [5.41, 5.74) is 22.1. The minimum absolute atomic E-state index is 0. The van der Waals surface area contributed by atoms with Gasteiger partial charge in [0.1, 0.15) is 13.7 Å². The molecule has 0 saturated carbocycles. The van der Waals surface area contributed by atoms with Gasteiger partial charge in [-0.3, -0.25) is 0 Å². The average Bonchev–Trinajstić information content (AvgIpc) is 1.54. The summed E-state index contributed by atoms with van der Waals surface area (Å²) in [6.07, 6.45) is 11.5. The molecule has 9 nitrogen and oxygen atoms in total. The minimum atomic E-state index is -3.53. The third kappa shape index (κ3) is 22.2. The molecule has 0 amide bonds. The van der Waals surface area contributed by atoms with Gasteiger partial charge in [0.05, 0.1) is 26.6 Å². The molecular formula is C122H98Ir3N6O3SSi4-6. The van der Waals surface area contributed by atoms with Crippen LogP contribution in [0.5, 0.6) is 0 Å². The van der Waals surface area contributed by atoms with E-state index in [-0.39, 0.29) is 60.3 Å². The van der Waals surface area contributed by atoms with Crippen LogP contribution >= 0.6 is 0 Å². The molecule has 0 saturated heterocycles. The molecule has 0 bridgehead atoms. The van der Waals surface area contributed by atoms with Gasteiger partial charge in [-0.25, -0.2) is 8.42 Å². The van der Waals surface area contributed by atoms with Crippen LogP contribution in [-0.2, 0) is 70.2 Å². The van der Waals surface area contributed by atoms with Crippen molar-refractivity contribution >= 4 is 106 Å². The van der Waals surface area contributed by atoms with Gasteiger partial charge in [-0.1, -0.05) is 359 Å². The molecule has 0 aliphatic carbocycles. The van der Waals surface area contributed by atoms with Crippen LogP contribution in [0.4, 0.5) is 0 Å². The molecule has 139 heavy (non-hydrogen) atoms. The standard InChI is InChI=1S/C38H32NSi2.C26H22NO2SSi.C25H20NOSi.3C11H8N.3Ir/c1-40(2,3)38-27-39-35(26-34(38)28-15-7-4-8-16-28)29-23-24-33-32-21-13-14-22-36(32)41(37(33)25-29,30-17-9-5-10-18-30)31-19-11-6-12-20-31;1-31(2,3)26-17-27-23(16-22(26)18-9-5-4-6-10-18)19-13-14-21-20-11-7-8-12-24(20)30(28,29)25(21)15-19;1-28(2,19-8-4-3-5-9-19)20-13-15-23(26-17-20)18-12-14-22-21-10-6-7-11-24(21)27-25(22)16-18;3*1-2-6-10(7-3-1)11-8-4-5-9-12-11;;;/h4-22,24-27H,1-3H3;4-12,14-17H,1-3H3;3-11,13-17H,1-2H3;3*1-6,8-9H;;;/q6*-1;;;. The largest absolute Gasteiger partial charge is 0.476 e. The first kappa shape index (κ1) is 100. The van der Waals surface area contributed by atoms with E-state index >= 15 is 0 Å². The van der Waals surface area contributed by atoms with E-state index in [1.807, 2.05) is 200 Å². The van der Waals surface area contributed by atoms with Crippen molar-refractivity contribution in [1.82, 2.24) is 29.9 Å². The second kappa shape index (κ2) is 45.0. The molecule has 17 heteroatoms. The van der Waals surface area contributed by atoms with E-state index in [1.54, 1.807) is 42.9 Å². The van der Waals surface area contributed by atoms with Crippen LogP contribution in [-0.4, -0.2) is 70.6 Å². The molecule has 0 fully saturated rings. The monoisotopic (exact) mass is 2420 g/mol. The van der Waals surface area contributed by atoms with Crippen LogP contribution in [0.1, 0.15) is 0 Å². The second-order valence-corrected chi connectivity index (χ2v) is 56.0. The zero-order valence-electron chi connectivity index (χ0n) is 78.0. The number of fused-ring (bicyclic) bond motifs is 9. The van der Waals surface area contributed by atoms with Crippen molar-refractivity contribution in [3.8, 4) is 112 Å². The molecule has 689 valence electrons. The summed E-state index contributed by atoms with van der Waals surface area (Å²) < 4.78 is 32.2. The van der Waals surface area contributed by atoms with Gasteiger partial charge in [-0.05, 0) is 134 Å². The Morgan fingerprint density at radius 2 is 0.683 bits per heavy atom. The number of furan rings is 1. The van der Waals surface area contributed by atoms with Gasteiger partial charge in [-0.15, -0.1) is 178 Å². The molecule has 23 rings (SSSR count). The van der Waals surface area contributed by atoms with Crippen LogP contribution in [0.25, 0.3) is 134 Å². The van der Waals surface area contributed by atoms with Gasteiger partial charge in [0.2, 0.25) is 0 Å². The van der Waals surface area contributed by atoms with E-state index in [9.17, 15) is 8.42 Å². The van der Waals surface area contributed by atoms with Gasteiger partial charge in [0, 0.05) is 97.5 Å². The van der Waals surface area contributed by atoms with Gasteiger partial charge in [-0.2, -0.15) is 0 Å². The topological polar surface area (TPSA) is 125 Å². The fourth-order valence-electron chi connectivity index (χ4n) is 17.7. The number of sulfone groups is 1. The van der Waals surface area contributed by atoms with Crippen molar-refractivity contribution in [1.29, 1.82) is 0 Å². The molecule has 7 aromatic heterocycles. The summed E-state index contributed by atoms with van der Waals surface area (Å²) >= 11 is 0. The third-order valence-electron chi connectivity index (χ3n) is 24.7. The molecule has 0 spiro atoms. The predicted octanol–water partition coefficient (Wildman–Crippen LogP) is 24.6. The Labute approximate surface area is 860 Å². The Kier molecular flexibility index (Phi) is 32.4. The van der Waals surface area contributed by atoms with Crippen LogP contribution < -0.4 is 41.5 Å². The van der Waals surface area contributed by atoms with Crippen molar-refractivity contribution in [2.45, 2.75) is 62.2 Å². The molecule has 3 radical (unpaired) electrons. The Morgan fingerprint density at radius 3 is 1.16 bits per heavy atom. The Balaban J connectivity index is 0.000000134. The van der Waals surface area contributed by atoms with Crippen molar-refractivity contribution in [2.24, 2.45) is 0 Å². The first-order valence-electron chi connectivity index (χ1n) is 45.6. The molecule has 9 heterocycles. The molecule has 0 N–H and O–H groups in total.